The smallest absolute Gasteiger partial charge is 1.00 e. The van der Waals surface area contributed by atoms with Gasteiger partial charge in [0.05, 0.1) is 23.3 Å². The van der Waals surface area contributed by atoms with Crippen molar-refractivity contribution in [1.29, 1.82) is 0 Å². The minimum atomic E-state index is -4.16. The standard InChI is InChI=1S/C22H39NO5S.Na.H/c1-4-6-8-10-18-27-22(3,28-19-11-9-7-5-2)21-13-16-23(17-14-21)15-12-20-29(24,25)26;;/h13-14,16-17H,4-12,15,18-20H2,1-3H3;;/q;+1;-1. The van der Waals surface area contributed by atoms with E-state index in [1.807, 2.05) is 36.0 Å². The molecule has 0 N–H and O–H groups in total. The van der Waals surface area contributed by atoms with Gasteiger partial charge in [0.1, 0.15) is 6.54 Å². The van der Waals surface area contributed by atoms with Crippen LogP contribution in [0.15, 0.2) is 24.5 Å². The van der Waals surface area contributed by atoms with E-state index in [0.29, 0.717) is 26.2 Å². The monoisotopic (exact) mass is 453 g/mol. The topological polar surface area (TPSA) is 79.5 Å². The van der Waals surface area contributed by atoms with E-state index in [1.54, 1.807) is 0 Å². The minimum absolute atomic E-state index is 0. The minimum Gasteiger partial charge on any atom is -1.00 e. The van der Waals surface area contributed by atoms with Crippen LogP contribution in [-0.4, -0.2) is 31.9 Å². The average molecular weight is 454 g/mol. The molecule has 0 unspecified atom stereocenters. The molecular formula is C22H40NNaO5S. The molecule has 1 aromatic rings. The first kappa shape index (κ1) is 30.0. The molecule has 0 aliphatic heterocycles. The van der Waals surface area contributed by atoms with E-state index < -0.39 is 15.9 Å². The molecule has 6 nitrogen and oxygen atoms in total. The third-order valence-electron chi connectivity index (χ3n) is 4.98. The van der Waals surface area contributed by atoms with Crippen LogP contribution in [0.25, 0.3) is 0 Å². The van der Waals surface area contributed by atoms with Crippen molar-refractivity contribution in [3.05, 3.63) is 30.1 Å². The Morgan fingerprint density at radius 1 is 0.933 bits per heavy atom. The summed E-state index contributed by atoms with van der Waals surface area (Å²) in [6.07, 6.45) is 13.2. The molecule has 0 aliphatic rings. The van der Waals surface area contributed by atoms with Crippen LogP contribution in [0.4, 0.5) is 0 Å². The Morgan fingerprint density at radius 3 is 1.87 bits per heavy atom. The fourth-order valence-electron chi connectivity index (χ4n) is 3.13. The van der Waals surface area contributed by atoms with Crippen molar-refractivity contribution >= 4 is 10.1 Å². The molecule has 1 heterocycles. The number of rotatable bonds is 17. The van der Waals surface area contributed by atoms with Gasteiger partial charge in [-0.05, 0) is 19.8 Å². The molecule has 0 aliphatic carbocycles. The Bertz CT molecular complexity index is 644. The molecule has 0 aromatic carbocycles. The number of aryl methyl sites for hydroxylation is 1. The third kappa shape index (κ3) is 13.4. The van der Waals surface area contributed by atoms with Crippen molar-refractivity contribution in [1.82, 2.24) is 0 Å². The van der Waals surface area contributed by atoms with E-state index in [4.69, 9.17) is 9.47 Å². The van der Waals surface area contributed by atoms with Crippen molar-refractivity contribution in [2.24, 2.45) is 0 Å². The van der Waals surface area contributed by atoms with Crippen molar-refractivity contribution < 1.29 is 58.0 Å². The van der Waals surface area contributed by atoms with Crippen LogP contribution < -0.4 is 34.1 Å². The Hall–Kier alpha value is -0.0200. The maximum atomic E-state index is 10.7. The zero-order valence-corrected chi connectivity index (χ0v) is 22.2. The molecule has 0 atom stereocenters. The molecular weight excluding hydrogens is 413 g/mol. The number of aromatic nitrogens is 1. The van der Waals surface area contributed by atoms with Crippen LogP contribution in [0.3, 0.4) is 0 Å². The summed E-state index contributed by atoms with van der Waals surface area (Å²) >= 11 is 0. The fraction of sp³-hybridized carbons (Fsp3) is 0.773. The van der Waals surface area contributed by atoms with E-state index in [9.17, 15) is 13.0 Å². The van der Waals surface area contributed by atoms with Gasteiger partial charge in [0.25, 0.3) is 0 Å². The van der Waals surface area contributed by atoms with Gasteiger partial charge in [-0.1, -0.05) is 52.4 Å². The van der Waals surface area contributed by atoms with Gasteiger partial charge in [-0.3, -0.25) is 0 Å². The van der Waals surface area contributed by atoms with Gasteiger partial charge >= 0.3 is 29.6 Å². The molecule has 1 aromatic heterocycles. The Kier molecular flexibility index (Phi) is 16.6. The van der Waals surface area contributed by atoms with Gasteiger partial charge in [0.15, 0.2) is 18.2 Å². The van der Waals surface area contributed by atoms with Crippen molar-refractivity contribution in [2.75, 3.05) is 19.0 Å². The van der Waals surface area contributed by atoms with Gasteiger partial charge in [0.2, 0.25) is 0 Å². The van der Waals surface area contributed by atoms with Crippen LogP contribution in [0, 0.1) is 0 Å². The summed E-state index contributed by atoms with van der Waals surface area (Å²) in [6.45, 7) is 8.14. The largest absolute Gasteiger partial charge is 1.00 e. The normalized spacial score (nSPS) is 12.0. The number of pyridine rings is 1. The van der Waals surface area contributed by atoms with E-state index in [-0.39, 0.29) is 36.7 Å². The second kappa shape index (κ2) is 16.6. The summed E-state index contributed by atoms with van der Waals surface area (Å²) in [7, 11) is -4.16. The molecule has 8 heteroatoms. The number of nitrogens with zero attached hydrogens (tertiary/aromatic N) is 1. The maximum absolute atomic E-state index is 10.7. The zero-order chi connectivity index (χ0) is 21.6. The molecule has 0 radical (unpaired) electrons. The second-order valence-electron chi connectivity index (χ2n) is 7.70. The summed E-state index contributed by atoms with van der Waals surface area (Å²) in [5.74, 6) is -1.14. The van der Waals surface area contributed by atoms with Crippen molar-refractivity contribution in [2.45, 2.75) is 90.9 Å². The molecule has 170 valence electrons. The summed E-state index contributed by atoms with van der Waals surface area (Å²) in [5.41, 5.74) is 0.941. The van der Waals surface area contributed by atoms with Gasteiger partial charge in [-0.15, -0.1) is 0 Å². The van der Waals surface area contributed by atoms with E-state index in [2.05, 4.69) is 13.8 Å². The average Bonchev–Trinajstić information content (AvgIpc) is 2.67. The molecule has 0 amide bonds. The third-order valence-corrected chi connectivity index (χ3v) is 5.77. The summed E-state index contributed by atoms with van der Waals surface area (Å²) in [5, 5.41) is 0. The fourth-order valence-corrected chi connectivity index (χ4v) is 3.62. The van der Waals surface area contributed by atoms with Crippen molar-refractivity contribution in [3.63, 3.8) is 0 Å². The van der Waals surface area contributed by atoms with Crippen molar-refractivity contribution in [3.8, 4) is 0 Å². The maximum Gasteiger partial charge on any atom is 1.00 e. The summed E-state index contributed by atoms with van der Waals surface area (Å²) in [4.78, 5) is 0. The van der Waals surface area contributed by atoms with Gasteiger partial charge in [0, 0.05) is 29.9 Å². The van der Waals surface area contributed by atoms with Gasteiger partial charge in [-0.2, -0.15) is 0 Å². The predicted octanol–water partition coefficient (Wildman–Crippen LogP) is 1.39. The van der Waals surface area contributed by atoms with Crippen LogP contribution >= 0.6 is 0 Å². The molecule has 0 fully saturated rings. The first-order valence-corrected chi connectivity index (χ1v) is 12.6. The molecule has 0 saturated heterocycles. The predicted molar refractivity (Wildman–Crippen MR) is 114 cm³/mol. The van der Waals surface area contributed by atoms with E-state index in [1.165, 1.54) is 25.7 Å². The Balaban J connectivity index is 0. The SMILES string of the molecule is CCCCCCOC(C)(OCCCCCC)c1cc[n+](CCCS(=O)(=O)[O-])cc1.[H-].[Na+]. The summed E-state index contributed by atoms with van der Waals surface area (Å²) < 4.78 is 46.5. The van der Waals surface area contributed by atoms with Gasteiger partial charge in [-0.25, -0.2) is 13.0 Å². The molecule has 30 heavy (non-hydrogen) atoms. The number of hydrogen-bond donors (Lipinski definition) is 0. The van der Waals surface area contributed by atoms with Crippen LogP contribution in [0.5, 0.6) is 0 Å². The Labute approximate surface area is 207 Å². The molecule has 0 bridgehead atoms. The first-order chi connectivity index (χ1) is 13.8. The Morgan fingerprint density at radius 2 is 1.43 bits per heavy atom. The zero-order valence-electron chi connectivity index (χ0n) is 20.4. The number of unbranched alkanes of at least 4 members (excludes halogenated alkanes) is 6. The van der Waals surface area contributed by atoms with E-state index >= 15 is 0 Å². The van der Waals surface area contributed by atoms with Crippen LogP contribution in [0.2, 0.25) is 0 Å². The van der Waals surface area contributed by atoms with Crippen LogP contribution in [0.1, 0.15) is 85.5 Å². The van der Waals surface area contributed by atoms with Crippen LogP contribution in [-0.2, 0) is 31.9 Å². The van der Waals surface area contributed by atoms with Gasteiger partial charge < -0.3 is 15.5 Å². The molecule has 0 spiro atoms. The number of hydrogen-bond acceptors (Lipinski definition) is 5. The van der Waals surface area contributed by atoms with E-state index in [0.717, 1.165) is 31.2 Å². The first-order valence-electron chi connectivity index (χ1n) is 11.0. The summed E-state index contributed by atoms with van der Waals surface area (Å²) in [6, 6.07) is 3.90. The molecule has 0 saturated carbocycles. The molecule has 1 rings (SSSR count). The quantitative estimate of drug-likeness (QED) is 0.117. The number of ether oxygens (including phenoxy) is 2. The second-order valence-corrected chi connectivity index (χ2v) is 9.23.